The second-order valence-electron chi connectivity index (χ2n) is 6.72. The monoisotopic (exact) mass is 427 g/mol. The molecule has 8 nitrogen and oxygen atoms in total. The highest BCUT2D eigenvalue weighted by Crippen LogP contribution is 2.27. The molecule has 0 fully saturated rings. The Kier molecular flexibility index (Phi) is 6.22. The van der Waals surface area contributed by atoms with Gasteiger partial charge in [0.1, 0.15) is 5.69 Å². The van der Waals surface area contributed by atoms with Gasteiger partial charge in [-0.05, 0) is 42.5 Å². The number of para-hydroxylation sites is 1. The van der Waals surface area contributed by atoms with Crippen LogP contribution in [0.15, 0.2) is 84.4 Å². The number of aromatic nitrogens is 3. The van der Waals surface area contributed by atoms with Crippen molar-refractivity contribution in [3.8, 4) is 28.4 Å². The van der Waals surface area contributed by atoms with Crippen LogP contribution in [0.2, 0.25) is 0 Å². The van der Waals surface area contributed by atoms with E-state index in [2.05, 4.69) is 15.5 Å². The maximum absolute atomic E-state index is 12.5. The number of methoxy groups -OCH3 is 2. The molecule has 0 unspecified atom stereocenters. The Balaban J connectivity index is 1.59. The van der Waals surface area contributed by atoms with Crippen molar-refractivity contribution in [1.29, 1.82) is 0 Å². The summed E-state index contributed by atoms with van der Waals surface area (Å²) in [6, 6.07) is 18.4. The lowest BCUT2D eigenvalue weighted by molar-refractivity contribution is 0.0954. The molecule has 0 atom stereocenters. The summed E-state index contributed by atoms with van der Waals surface area (Å²) in [6.45, 7) is 0. The highest BCUT2D eigenvalue weighted by Gasteiger charge is 2.13. The van der Waals surface area contributed by atoms with Crippen LogP contribution in [0.3, 0.4) is 0 Å². The first-order chi connectivity index (χ1) is 15.7. The van der Waals surface area contributed by atoms with Gasteiger partial charge in [0.25, 0.3) is 5.91 Å². The van der Waals surface area contributed by atoms with Crippen LogP contribution in [0.25, 0.3) is 16.9 Å². The fourth-order valence-corrected chi connectivity index (χ4v) is 3.12. The number of nitrogens with zero attached hydrogens (tertiary/aromatic N) is 4. The third-order valence-corrected chi connectivity index (χ3v) is 4.71. The molecule has 2 aromatic carbocycles. The number of hydrazone groups is 1. The van der Waals surface area contributed by atoms with Crippen LogP contribution in [-0.2, 0) is 0 Å². The van der Waals surface area contributed by atoms with E-state index in [9.17, 15) is 4.79 Å². The summed E-state index contributed by atoms with van der Waals surface area (Å²) < 4.78 is 12.2. The van der Waals surface area contributed by atoms with Gasteiger partial charge in [0.2, 0.25) is 0 Å². The summed E-state index contributed by atoms with van der Waals surface area (Å²) in [5.74, 6) is 0.634. The van der Waals surface area contributed by atoms with Crippen LogP contribution in [0, 0.1) is 0 Å². The zero-order valence-electron chi connectivity index (χ0n) is 17.6. The van der Waals surface area contributed by atoms with Gasteiger partial charge >= 0.3 is 0 Å². The molecule has 0 saturated carbocycles. The molecule has 0 aliphatic heterocycles. The quantitative estimate of drug-likeness (QED) is 0.359. The maximum atomic E-state index is 12.5. The number of carbonyl (C=O) groups excluding carboxylic acids is 1. The van der Waals surface area contributed by atoms with Crippen molar-refractivity contribution in [2.75, 3.05) is 14.2 Å². The van der Waals surface area contributed by atoms with Crippen molar-refractivity contribution in [3.05, 3.63) is 90.4 Å². The van der Waals surface area contributed by atoms with Gasteiger partial charge in [-0.2, -0.15) is 10.2 Å². The Morgan fingerprint density at radius 1 is 1.03 bits per heavy atom. The average Bonchev–Trinajstić information content (AvgIpc) is 3.28. The number of nitrogens with one attached hydrogen (secondary N) is 1. The second kappa shape index (κ2) is 9.57. The Labute approximate surface area is 185 Å². The highest BCUT2D eigenvalue weighted by molar-refractivity contribution is 5.96. The molecule has 4 aromatic rings. The van der Waals surface area contributed by atoms with E-state index in [4.69, 9.17) is 14.6 Å². The normalized spacial score (nSPS) is 10.8. The number of hydrogen-bond acceptors (Lipinski definition) is 6. The predicted octanol–water partition coefficient (Wildman–Crippen LogP) is 3.72. The molecule has 0 saturated heterocycles. The molecule has 32 heavy (non-hydrogen) atoms. The maximum Gasteiger partial charge on any atom is 0.271 e. The third-order valence-electron chi connectivity index (χ3n) is 4.71. The predicted molar refractivity (Wildman–Crippen MR) is 121 cm³/mol. The lowest BCUT2D eigenvalue weighted by atomic mass is 10.1. The van der Waals surface area contributed by atoms with Crippen LogP contribution in [0.5, 0.6) is 11.5 Å². The van der Waals surface area contributed by atoms with Gasteiger partial charge in [-0.1, -0.05) is 18.2 Å². The number of benzene rings is 2. The fraction of sp³-hybridized carbons (Fsp3) is 0.0833. The van der Waals surface area contributed by atoms with Gasteiger partial charge in [-0.15, -0.1) is 0 Å². The second-order valence-corrected chi connectivity index (χ2v) is 6.72. The summed E-state index contributed by atoms with van der Waals surface area (Å²) in [7, 11) is 3.05. The number of carbonyl (C=O) groups is 1. The Hall–Kier alpha value is -4.46. The Bertz CT molecular complexity index is 1240. The molecule has 1 N–H and O–H groups in total. The van der Waals surface area contributed by atoms with E-state index in [0.717, 1.165) is 16.8 Å². The van der Waals surface area contributed by atoms with Gasteiger partial charge in [0.05, 0.1) is 26.1 Å². The minimum atomic E-state index is -0.374. The van der Waals surface area contributed by atoms with E-state index in [1.807, 2.05) is 48.7 Å². The van der Waals surface area contributed by atoms with Gasteiger partial charge in [0, 0.05) is 35.3 Å². The summed E-state index contributed by atoms with van der Waals surface area (Å²) in [5, 5.41) is 8.83. The van der Waals surface area contributed by atoms with Gasteiger partial charge < -0.3 is 9.47 Å². The van der Waals surface area contributed by atoms with Crippen LogP contribution >= 0.6 is 0 Å². The number of rotatable bonds is 7. The minimum absolute atomic E-state index is 0.374. The van der Waals surface area contributed by atoms with Crippen molar-refractivity contribution in [1.82, 2.24) is 20.2 Å². The number of ether oxygens (including phenoxy) is 2. The molecule has 0 aliphatic carbocycles. The summed E-state index contributed by atoms with van der Waals surface area (Å²) in [6.07, 6.45) is 6.85. The van der Waals surface area contributed by atoms with Crippen LogP contribution < -0.4 is 14.9 Å². The first-order valence-corrected chi connectivity index (χ1v) is 9.80. The van der Waals surface area contributed by atoms with Gasteiger partial charge in [-0.3, -0.25) is 9.78 Å². The lowest BCUT2D eigenvalue weighted by Crippen LogP contribution is -2.17. The summed E-state index contributed by atoms with van der Waals surface area (Å²) >= 11 is 0. The first kappa shape index (κ1) is 20.8. The van der Waals surface area contributed by atoms with E-state index < -0.39 is 0 Å². The first-order valence-electron chi connectivity index (χ1n) is 9.80. The Morgan fingerprint density at radius 3 is 2.56 bits per heavy atom. The molecule has 1 amide bonds. The topological polar surface area (TPSA) is 90.6 Å². The van der Waals surface area contributed by atoms with Crippen molar-refractivity contribution < 1.29 is 14.3 Å². The number of hydrogen-bond donors (Lipinski definition) is 1. The SMILES string of the molecule is COc1ccc(C(=O)N/N=C/c2cn(-c3ccccc3)nc2-c2cccnc2)cc1OC. The van der Waals surface area contributed by atoms with Crippen molar-refractivity contribution in [2.24, 2.45) is 5.10 Å². The van der Waals surface area contributed by atoms with E-state index in [0.29, 0.717) is 22.8 Å². The zero-order valence-corrected chi connectivity index (χ0v) is 17.6. The van der Waals surface area contributed by atoms with Crippen LogP contribution in [-0.4, -0.2) is 41.1 Å². The molecule has 0 bridgehead atoms. The molecule has 0 spiro atoms. The Morgan fingerprint density at radius 2 is 1.84 bits per heavy atom. The highest BCUT2D eigenvalue weighted by atomic mass is 16.5. The van der Waals surface area contributed by atoms with Gasteiger partial charge in [0.15, 0.2) is 11.5 Å². The molecular formula is C24H21N5O3. The van der Waals surface area contributed by atoms with Crippen LogP contribution in [0.4, 0.5) is 0 Å². The van der Waals surface area contributed by atoms with Crippen molar-refractivity contribution in [3.63, 3.8) is 0 Å². The summed E-state index contributed by atoms with van der Waals surface area (Å²) in [5.41, 5.74) is 6.12. The third kappa shape index (κ3) is 4.49. The van der Waals surface area contributed by atoms with E-state index in [1.54, 1.807) is 41.5 Å². The van der Waals surface area contributed by atoms with Crippen LogP contribution in [0.1, 0.15) is 15.9 Å². The van der Waals surface area contributed by atoms with Gasteiger partial charge in [-0.25, -0.2) is 10.1 Å². The average molecular weight is 427 g/mol. The summed E-state index contributed by atoms with van der Waals surface area (Å²) in [4.78, 5) is 16.7. The molecule has 2 aromatic heterocycles. The number of pyridine rings is 1. The lowest BCUT2D eigenvalue weighted by Gasteiger charge is -2.08. The smallest absolute Gasteiger partial charge is 0.271 e. The van der Waals surface area contributed by atoms with E-state index in [1.165, 1.54) is 14.2 Å². The van der Waals surface area contributed by atoms with Crippen molar-refractivity contribution >= 4 is 12.1 Å². The van der Waals surface area contributed by atoms with E-state index >= 15 is 0 Å². The largest absolute Gasteiger partial charge is 0.493 e. The molecule has 160 valence electrons. The molecule has 4 rings (SSSR count). The minimum Gasteiger partial charge on any atom is -0.493 e. The fourth-order valence-electron chi connectivity index (χ4n) is 3.12. The number of amides is 1. The molecular weight excluding hydrogens is 406 g/mol. The molecule has 0 radical (unpaired) electrons. The zero-order chi connectivity index (χ0) is 22.3. The standard InChI is InChI=1S/C24H21N5O3/c1-31-21-11-10-17(13-22(21)32-2)24(30)27-26-15-19-16-29(20-8-4-3-5-9-20)28-23(19)18-7-6-12-25-14-18/h3-16H,1-2H3,(H,27,30)/b26-15+. The van der Waals surface area contributed by atoms with Crippen molar-refractivity contribution in [2.45, 2.75) is 0 Å². The molecule has 2 heterocycles. The van der Waals surface area contributed by atoms with E-state index in [-0.39, 0.29) is 5.91 Å². The molecule has 8 heteroatoms. The molecule has 0 aliphatic rings.